The summed E-state index contributed by atoms with van der Waals surface area (Å²) in [6.45, 7) is 0. The normalized spacial score (nSPS) is 10.3. The van der Waals surface area contributed by atoms with E-state index in [1.807, 2.05) is 0 Å². The lowest BCUT2D eigenvalue weighted by atomic mass is 10.0. The maximum Gasteiger partial charge on any atom is 0.309 e. The highest BCUT2D eigenvalue weighted by Gasteiger charge is 2.20. The molecule has 0 aliphatic heterocycles. The number of pyridine rings is 1. The average molecular weight is 261 g/mol. The van der Waals surface area contributed by atoms with Crippen LogP contribution in [0.1, 0.15) is 28.9 Å². The SMILES string of the molecule is N#Cc1c(C(F)F)cc(CCl)nc1CC(=O)O. The van der Waals surface area contributed by atoms with Gasteiger partial charge in [0.2, 0.25) is 0 Å². The summed E-state index contributed by atoms with van der Waals surface area (Å²) >= 11 is 5.47. The van der Waals surface area contributed by atoms with Crippen molar-refractivity contribution in [2.24, 2.45) is 0 Å². The number of nitriles is 1. The molecule has 1 aromatic rings. The molecule has 0 fully saturated rings. The first-order chi connectivity index (χ1) is 7.99. The van der Waals surface area contributed by atoms with Gasteiger partial charge in [-0.05, 0) is 6.07 Å². The number of aromatic nitrogens is 1. The summed E-state index contributed by atoms with van der Waals surface area (Å²) in [6.07, 6.45) is -3.46. The minimum Gasteiger partial charge on any atom is -0.481 e. The van der Waals surface area contributed by atoms with Gasteiger partial charge in [-0.25, -0.2) is 8.78 Å². The number of carboxylic acids is 1. The lowest BCUT2D eigenvalue weighted by molar-refractivity contribution is -0.136. The molecule has 0 bridgehead atoms. The number of rotatable bonds is 4. The molecule has 0 unspecified atom stereocenters. The predicted molar refractivity (Wildman–Crippen MR) is 54.8 cm³/mol. The molecule has 0 spiro atoms. The molecule has 1 rings (SSSR count). The van der Waals surface area contributed by atoms with Gasteiger partial charge >= 0.3 is 5.97 Å². The van der Waals surface area contributed by atoms with Crippen molar-refractivity contribution in [2.75, 3.05) is 0 Å². The number of carbonyl (C=O) groups is 1. The van der Waals surface area contributed by atoms with E-state index in [0.717, 1.165) is 6.07 Å². The zero-order chi connectivity index (χ0) is 13.0. The summed E-state index contributed by atoms with van der Waals surface area (Å²) < 4.78 is 25.4. The number of nitrogens with zero attached hydrogens (tertiary/aromatic N) is 2. The molecular formula is C10H7ClF2N2O2. The van der Waals surface area contributed by atoms with Gasteiger partial charge in [-0.1, -0.05) is 0 Å². The summed E-state index contributed by atoms with van der Waals surface area (Å²) in [5.41, 5.74) is -0.990. The Hall–Kier alpha value is -1.74. The van der Waals surface area contributed by atoms with Gasteiger partial charge in [-0.3, -0.25) is 9.78 Å². The molecule has 90 valence electrons. The van der Waals surface area contributed by atoms with Crippen molar-refractivity contribution in [3.05, 3.63) is 28.6 Å². The number of aliphatic carboxylic acids is 1. The van der Waals surface area contributed by atoms with Crippen molar-refractivity contribution >= 4 is 17.6 Å². The van der Waals surface area contributed by atoms with E-state index in [-0.39, 0.29) is 17.3 Å². The van der Waals surface area contributed by atoms with Crippen LogP contribution >= 0.6 is 11.6 Å². The van der Waals surface area contributed by atoms with Crippen LogP contribution in [0.15, 0.2) is 6.07 Å². The molecule has 0 saturated heterocycles. The predicted octanol–water partition coefficient (Wildman–Crippen LogP) is 2.26. The Morgan fingerprint density at radius 1 is 1.65 bits per heavy atom. The first-order valence-electron chi connectivity index (χ1n) is 4.48. The second-order valence-electron chi connectivity index (χ2n) is 3.14. The van der Waals surface area contributed by atoms with E-state index < -0.39 is 29.9 Å². The van der Waals surface area contributed by atoms with Crippen molar-refractivity contribution in [2.45, 2.75) is 18.7 Å². The molecule has 0 radical (unpaired) electrons. The van der Waals surface area contributed by atoms with Crippen LogP contribution in [0.2, 0.25) is 0 Å². The highest BCUT2D eigenvalue weighted by molar-refractivity contribution is 6.16. The van der Waals surface area contributed by atoms with Crippen molar-refractivity contribution in [1.29, 1.82) is 5.26 Å². The Balaban J connectivity index is 3.40. The van der Waals surface area contributed by atoms with E-state index in [1.165, 1.54) is 0 Å². The quantitative estimate of drug-likeness (QED) is 0.843. The Morgan fingerprint density at radius 3 is 2.71 bits per heavy atom. The van der Waals surface area contributed by atoms with E-state index >= 15 is 0 Å². The zero-order valence-electron chi connectivity index (χ0n) is 8.45. The van der Waals surface area contributed by atoms with Gasteiger partial charge in [0.1, 0.15) is 6.07 Å². The van der Waals surface area contributed by atoms with Crippen molar-refractivity contribution in [3.8, 4) is 6.07 Å². The standard InChI is InChI=1S/C10H7ClF2N2O2/c11-3-5-1-6(10(12)13)7(4-14)8(15-5)2-9(16)17/h1,10H,2-3H2,(H,16,17). The van der Waals surface area contributed by atoms with Gasteiger partial charge in [0.05, 0.1) is 29.3 Å². The minimum atomic E-state index is -2.87. The van der Waals surface area contributed by atoms with Gasteiger partial charge in [0.25, 0.3) is 6.43 Å². The van der Waals surface area contributed by atoms with Crippen molar-refractivity contribution in [3.63, 3.8) is 0 Å². The maximum absolute atomic E-state index is 12.7. The fourth-order valence-corrected chi connectivity index (χ4v) is 1.46. The molecule has 0 amide bonds. The Labute approximate surface area is 100 Å². The second-order valence-corrected chi connectivity index (χ2v) is 3.41. The molecule has 17 heavy (non-hydrogen) atoms. The monoisotopic (exact) mass is 260 g/mol. The first kappa shape index (κ1) is 13.3. The lowest BCUT2D eigenvalue weighted by Gasteiger charge is -2.09. The molecular weight excluding hydrogens is 254 g/mol. The molecule has 0 aliphatic rings. The Kier molecular flexibility index (Phi) is 4.35. The highest BCUT2D eigenvalue weighted by Crippen LogP contribution is 2.26. The van der Waals surface area contributed by atoms with Crippen LogP contribution in [-0.2, 0) is 17.1 Å². The first-order valence-corrected chi connectivity index (χ1v) is 5.01. The smallest absolute Gasteiger partial charge is 0.309 e. The number of halogens is 3. The highest BCUT2D eigenvalue weighted by atomic mass is 35.5. The van der Waals surface area contributed by atoms with Crippen LogP contribution in [-0.4, -0.2) is 16.1 Å². The number of hydrogen-bond donors (Lipinski definition) is 1. The minimum absolute atomic E-state index is 0.122. The van der Waals surface area contributed by atoms with E-state index in [4.69, 9.17) is 22.0 Å². The van der Waals surface area contributed by atoms with Crippen molar-refractivity contribution < 1.29 is 18.7 Å². The van der Waals surface area contributed by atoms with Gasteiger partial charge in [0, 0.05) is 5.56 Å². The average Bonchev–Trinajstić information content (AvgIpc) is 2.26. The van der Waals surface area contributed by atoms with Gasteiger partial charge in [0.15, 0.2) is 0 Å². The fraction of sp³-hybridized carbons (Fsp3) is 0.300. The molecule has 0 aromatic carbocycles. The molecule has 0 saturated carbocycles. The van der Waals surface area contributed by atoms with E-state index in [2.05, 4.69) is 4.98 Å². The van der Waals surface area contributed by atoms with Gasteiger partial charge in [-0.2, -0.15) is 5.26 Å². The third kappa shape index (κ3) is 3.11. The van der Waals surface area contributed by atoms with Crippen LogP contribution in [0.25, 0.3) is 0 Å². The van der Waals surface area contributed by atoms with Crippen LogP contribution in [0, 0.1) is 11.3 Å². The summed E-state index contributed by atoms with van der Waals surface area (Å²) in [5.74, 6) is -1.38. The molecule has 7 heteroatoms. The topological polar surface area (TPSA) is 74.0 Å². The summed E-state index contributed by atoms with van der Waals surface area (Å²) in [5, 5.41) is 17.4. The number of hydrogen-bond acceptors (Lipinski definition) is 3. The molecule has 0 aliphatic carbocycles. The molecule has 1 aromatic heterocycles. The molecule has 0 atom stereocenters. The van der Waals surface area contributed by atoms with Crippen LogP contribution < -0.4 is 0 Å². The van der Waals surface area contributed by atoms with E-state index in [1.54, 1.807) is 6.07 Å². The fourth-order valence-electron chi connectivity index (χ4n) is 1.32. The van der Waals surface area contributed by atoms with Crippen molar-refractivity contribution in [1.82, 2.24) is 4.98 Å². The van der Waals surface area contributed by atoms with Crippen LogP contribution in [0.3, 0.4) is 0 Å². The third-order valence-corrected chi connectivity index (χ3v) is 2.25. The summed E-state index contributed by atoms with van der Waals surface area (Å²) in [4.78, 5) is 14.3. The van der Waals surface area contributed by atoms with E-state index in [0.29, 0.717) is 0 Å². The molecule has 1 N–H and O–H groups in total. The maximum atomic E-state index is 12.7. The second kappa shape index (κ2) is 5.55. The number of alkyl halides is 3. The Morgan fingerprint density at radius 2 is 2.29 bits per heavy atom. The molecule has 4 nitrogen and oxygen atoms in total. The van der Waals surface area contributed by atoms with Gasteiger partial charge < -0.3 is 5.11 Å². The van der Waals surface area contributed by atoms with E-state index in [9.17, 15) is 13.6 Å². The summed E-state index contributed by atoms with van der Waals surface area (Å²) in [7, 11) is 0. The lowest BCUT2D eigenvalue weighted by Crippen LogP contribution is -2.09. The third-order valence-electron chi connectivity index (χ3n) is 1.98. The number of carboxylic acid groups (broad SMARTS) is 1. The zero-order valence-corrected chi connectivity index (χ0v) is 9.21. The van der Waals surface area contributed by atoms with Crippen LogP contribution in [0.5, 0.6) is 0 Å². The largest absolute Gasteiger partial charge is 0.481 e. The molecule has 1 heterocycles. The summed E-state index contributed by atoms with van der Waals surface area (Å²) in [6, 6.07) is 2.57. The Bertz CT molecular complexity index is 486. The van der Waals surface area contributed by atoms with Crippen LogP contribution in [0.4, 0.5) is 8.78 Å². The van der Waals surface area contributed by atoms with Gasteiger partial charge in [-0.15, -0.1) is 11.6 Å².